The fraction of sp³-hybridized carbons (Fsp3) is 0.357. The topological polar surface area (TPSA) is 110 Å². The van der Waals surface area contributed by atoms with Crippen molar-refractivity contribution in [1.29, 1.82) is 0 Å². The van der Waals surface area contributed by atoms with Gasteiger partial charge in [-0.15, -0.1) is 11.3 Å². The lowest BCUT2D eigenvalue weighted by molar-refractivity contribution is 0.247. The van der Waals surface area contributed by atoms with Crippen LogP contribution in [0.3, 0.4) is 0 Å². The van der Waals surface area contributed by atoms with E-state index in [1.54, 1.807) is 25.4 Å². The number of urea groups is 1. The lowest BCUT2D eigenvalue weighted by Crippen LogP contribution is -2.39. The Balaban J connectivity index is 1.81. The average molecular weight is 368 g/mol. The fourth-order valence-electron chi connectivity index (χ4n) is 2.59. The van der Waals surface area contributed by atoms with Crippen molar-refractivity contribution in [3.05, 3.63) is 39.8 Å². The molecular formula is C14H16N4O4S2. The number of aromatic nitrogens is 2. The molecule has 2 aromatic rings. The smallest absolute Gasteiger partial charge is 0.321 e. The van der Waals surface area contributed by atoms with Crippen LogP contribution in [0.2, 0.25) is 0 Å². The summed E-state index contributed by atoms with van der Waals surface area (Å²) >= 11 is 1.15. The largest absolute Gasteiger partial charge is 0.331 e. The van der Waals surface area contributed by atoms with Gasteiger partial charge in [-0.1, -0.05) is 0 Å². The molecule has 3 heterocycles. The van der Waals surface area contributed by atoms with Gasteiger partial charge in [0.15, 0.2) is 9.84 Å². The number of aryl methyl sites for hydroxylation is 1. The minimum atomic E-state index is -3.34. The summed E-state index contributed by atoms with van der Waals surface area (Å²) in [4.78, 5) is 27.9. The predicted octanol–water partition coefficient (Wildman–Crippen LogP) is 1.27. The first-order chi connectivity index (χ1) is 11.3. The van der Waals surface area contributed by atoms with Gasteiger partial charge in [-0.05, 0) is 24.8 Å². The molecule has 2 atom stereocenters. The van der Waals surface area contributed by atoms with Crippen molar-refractivity contribution in [2.45, 2.75) is 28.8 Å². The molecule has 8 nitrogen and oxygen atoms in total. The van der Waals surface area contributed by atoms with E-state index < -0.39 is 32.7 Å². The van der Waals surface area contributed by atoms with E-state index in [1.807, 2.05) is 0 Å². The number of rotatable bonds is 2. The molecule has 24 heavy (non-hydrogen) atoms. The van der Waals surface area contributed by atoms with Crippen LogP contribution < -0.4 is 16.2 Å². The first kappa shape index (κ1) is 16.7. The molecule has 2 amide bonds. The molecule has 0 radical (unpaired) electrons. The van der Waals surface area contributed by atoms with Crippen LogP contribution in [0.5, 0.6) is 0 Å². The zero-order valence-electron chi connectivity index (χ0n) is 13.0. The standard InChI is InChI=1S/C14H16N4O4S2/c1-8-7-10(9-3-6-23-13(9)24(8,21)22)16-14(20)17-11-12(19)18(2)5-4-15-11/h3-6,8,10H,7H2,1-2H3,(H2,15,16,17,20)/t8-,10-/m0/s1. The quantitative estimate of drug-likeness (QED) is 0.829. The molecule has 0 aliphatic carbocycles. The van der Waals surface area contributed by atoms with E-state index in [9.17, 15) is 18.0 Å². The summed E-state index contributed by atoms with van der Waals surface area (Å²) in [5.41, 5.74) is 0.158. The van der Waals surface area contributed by atoms with Crippen LogP contribution in [-0.4, -0.2) is 29.2 Å². The van der Waals surface area contributed by atoms with Crippen LogP contribution in [0.15, 0.2) is 32.8 Å². The van der Waals surface area contributed by atoms with Gasteiger partial charge in [0.1, 0.15) is 4.21 Å². The molecule has 0 bridgehead atoms. The Kier molecular flexibility index (Phi) is 4.18. The summed E-state index contributed by atoms with van der Waals surface area (Å²) in [6.45, 7) is 1.62. The molecule has 10 heteroatoms. The van der Waals surface area contributed by atoms with E-state index in [0.717, 1.165) is 11.3 Å². The van der Waals surface area contributed by atoms with Crippen molar-refractivity contribution in [1.82, 2.24) is 14.9 Å². The monoisotopic (exact) mass is 368 g/mol. The summed E-state index contributed by atoms with van der Waals surface area (Å²) in [6.07, 6.45) is 3.17. The van der Waals surface area contributed by atoms with Crippen molar-refractivity contribution >= 4 is 33.0 Å². The summed E-state index contributed by atoms with van der Waals surface area (Å²) in [6, 6.07) is 0.672. The normalized spacial score (nSPS) is 21.8. The van der Waals surface area contributed by atoms with E-state index in [4.69, 9.17) is 0 Å². The van der Waals surface area contributed by atoms with Crippen LogP contribution in [0.4, 0.5) is 10.6 Å². The Morgan fingerprint density at radius 2 is 2.21 bits per heavy atom. The maximum absolute atomic E-state index is 12.3. The summed E-state index contributed by atoms with van der Waals surface area (Å²) < 4.78 is 26.2. The number of amides is 2. The molecule has 0 spiro atoms. The summed E-state index contributed by atoms with van der Waals surface area (Å²) in [5.74, 6) is -0.0838. The zero-order valence-corrected chi connectivity index (χ0v) is 14.6. The minimum absolute atomic E-state index is 0.0838. The molecule has 0 fully saturated rings. The zero-order chi connectivity index (χ0) is 17.5. The molecule has 2 aromatic heterocycles. The Hall–Kier alpha value is -2.20. The molecule has 0 saturated heterocycles. The average Bonchev–Trinajstić information content (AvgIpc) is 3.00. The number of carbonyl (C=O) groups is 1. The molecule has 1 aliphatic rings. The minimum Gasteiger partial charge on any atom is -0.331 e. The van der Waals surface area contributed by atoms with E-state index in [1.165, 1.54) is 17.0 Å². The van der Waals surface area contributed by atoms with Gasteiger partial charge in [0.05, 0.1) is 11.3 Å². The van der Waals surface area contributed by atoms with Crippen LogP contribution in [0.25, 0.3) is 0 Å². The molecule has 128 valence electrons. The SMILES string of the molecule is C[C@H]1C[C@H](NC(=O)Nc2nccn(C)c2=O)c2ccsc2S1(=O)=O. The fourth-order valence-corrected chi connectivity index (χ4v) is 5.82. The highest BCUT2D eigenvalue weighted by molar-refractivity contribution is 7.94. The maximum Gasteiger partial charge on any atom is 0.321 e. The Bertz CT molecular complexity index is 948. The van der Waals surface area contributed by atoms with Gasteiger partial charge in [0, 0.05) is 25.0 Å². The third kappa shape index (κ3) is 2.82. The van der Waals surface area contributed by atoms with Crippen LogP contribution in [0.1, 0.15) is 24.9 Å². The number of anilines is 1. The highest BCUT2D eigenvalue weighted by atomic mass is 32.2. The number of nitrogens with zero attached hydrogens (tertiary/aromatic N) is 2. The molecule has 0 aromatic carbocycles. The molecular weight excluding hydrogens is 352 g/mol. The molecule has 3 rings (SSSR count). The van der Waals surface area contributed by atoms with Crippen molar-refractivity contribution in [2.24, 2.45) is 7.05 Å². The first-order valence-corrected chi connectivity index (χ1v) is 9.63. The van der Waals surface area contributed by atoms with Crippen molar-refractivity contribution in [3.8, 4) is 0 Å². The van der Waals surface area contributed by atoms with Crippen LogP contribution in [-0.2, 0) is 16.9 Å². The Labute approximate surface area is 142 Å². The molecule has 2 N–H and O–H groups in total. The molecule has 0 unspecified atom stereocenters. The van der Waals surface area contributed by atoms with Gasteiger partial charge in [-0.2, -0.15) is 0 Å². The number of sulfone groups is 1. The van der Waals surface area contributed by atoms with Gasteiger partial charge >= 0.3 is 6.03 Å². The number of thiophene rings is 1. The molecule has 0 saturated carbocycles. The third-order valence-electron chi connectivity index (χ3n) is 3.94. The number of nitrogens with one attached hydrogen (secondary N) is 2. The van der Waals surface area contributed by atoms with E-state index in [2.05, 4.69) is 15.6 Å². The lowest BCUT2D eigenvalue weighted by Gasteiger charge is -2.27. The first-order valence-electron chi connectivity index (χ1n) is 7.21. The van der Waals surface area contributed by atoms with Crippen LogP contribution in [0, 0.1) is 0 Å². The van der Waals surface area contributed by atoms with Crippen LogP contribution >= 0.6 is 11.3 Å². The summed E-state index contributed by atoms with van der Waals surface area (Å²) in [5, 5.41) is 6.25. The van der Waals surface area contributed by atoms with E-state index >= 15 is 0 Å². The van der Waals surface area contributed by atoms with Gasteiger partial charge in [0.25, 0.3) is 5.56 Å². The second kappa shape index (κ2) is 6.02. The molecule has 1 aliphatic heterocycles. The summed E-state index contributed by atoms with van der Waals surface area (Å²) in [7, 11) is -1.78. The highest BCUT2D eigenvalue weighted by Gasteiger charge is 2.38. The Morgan fingerprint density at radius 3 is 2.96 bits per heavy atom. The Morgan fingerprint density at radius 1 is 1.46 bits per heavy atom. The number of fused-ring (bicyclic) bond motifs is 1. The van der Waals surface area contributed by atoms with Crippen molar-refractivity contribution < 1.29 is 13.2 Å². The van der Waals surface area contributed by atoms with Gasteiger partial charge in [0.2, 0.25) is 5.82 Å². The van der Waals surface area contributed by atoms with Gasteiger partial charge in [-0.3, -0.25) is 10.1 Å². The highest BCUT2D eigenvalue weighted by Crippen LogP contribution is 2.39. The maximum atomic E-state index is 12.3. The van der Waals surface area contributed by atoms with Gasteiger partial charge in [-0.25, -0.2) is 18.2 Å². The van der Waals surface area contributed by atoms with Gasteiger partial charge < -0.3 is 9.88 Å². The number of carbonyl (C=O) groups excluding carboxylic acids is 1. The predicted molar refractivity (Wildman–Crippen MR) is 90.0 cm³/mol. The van der Waals surface area contributed by atoms with E-state index in [-0.39, 0.29) is 12.2 Å². The van der Waals surface area contributed by atoms with E-state index in [0.29, 0.717) is 9.77 Å². The van der Waals surface area contributed by atoms with Crippen molar-refractivity contribution in [2.75, 3.05) is 5.32 Å². The second-order valence-corrected chi connectivity index (χ2v) is 9.08. The van der Waals surface area contributed by atoms with Crippen molar-refractivity contribution in [3.63, 3.8) is 0 Å². The third-order valence-corrected chi connectivity index (χ3v) is 7.66. The number of hydrogen-bond acceptors (Lipinski definition) is 6. The lowest BCUT2D eigenvalue weighted by atomic mass is 10.1. The number of hydrogen-bond donors (Lipinski definition) is 2. The second-order valence-electron chi connectivity index (χ2n) is 5.60.